The molecule has 2 heterocycles. The Morgan fingerprint density at radius 3 is 2.82 bits per heavy atom. The van der Waals surface area contributed by atoms with Crippen LogP contribution in [-0.2, 0) is 0 Å². The van der Waals surface area contributed by atoms with Gasteiger partial charge in [0.15, 0.2) is 0 Å². The molecule has 1 fully saturated rings. The fourth-order valence-electron chi connectivity index (χ4n) is 1.65. The van der Waals surface area contributed by atoms with Crippen LogP contribution in [0.1, 0.15) is 30.1 Å². The van der Waals surface area contributed by atoms with E-state index in [1.54, 1.807) is 0 Å². The second kappa shape index (κ2) is 5.12. The van der Waals surface area contributed by atoms with Crippen LogP contribution in [0, 0.1) is 0 Å². The van der Waals surface area contributed by atoms with Gasteiger partial charge in [-0.15, -0.1) is 10.2 Å². The minimum Gasteiger partial charge on any atom is -0.336 e. The van der Waals surface area contributed by atoms with Crippen LogP contribution in [0.25, 0.3) is 0 Å². The lowest BCUT2D eigenvalue weighted by Crippen LogP contribution is -2.33. The van der Waals surface area contributed by atoms with Crippen molar-refractivity contribution < 1.29 is 4.79 Å². The molecule has 0 bridgehead atoms. The van der Waals surface area contributed by atoms with Crippen LogP contribution in [0.5, 0.6) is 0 Å². The Morgan fingerprint density at radius 2 is 2.18 bits per heavy atom. The zero-order valence-corrected chi connectivity index (χ0v) is 12.2. The van der Waals surface area contributed by atoms with Crippen molar-refractivity contribution in [2.24, 2.45) is 0 Å². The maximum atomic E-state index is 12.1. The number of carbonyl (C=O) groups is 1. The number of hydrogen-bond donors (Lipinski definition) is 0. The molecular weight excluding hydrogens is 278 g/mol. The number of aromatic nitrogens is 2. The molecule has 0 atom stereocenters. The Kier molecular flexibility index (Phi) is 3.95. The van der Waals surface area contributed by atoms with Crippen molar-refractivity contribution in [1.82, 2.24) is 15.1 Å². The lowest BCUT2D eigenvalue weighted by atomic mass is 10.1. The number of rotatable bonds is 1. The monoisotopic (exact) mass is 291 g/mol. The van der Waals surface area contributed by atoms with Gasteiger partial charge in [0.05, 0.1) is 0 Å². The summed E-state index contributed by atoms with van der Waals surface area (Å²) in [4.78, 5) is 14.0. The minimum absolute atomic E-state index is 0.0484. The summed E-state index contributed by atoms with van der Waals surface area (Å²) >= 11 is 8.74. The van der Waals surface area contributed by atoms with Crippen LogP contribution >= 0.6 is 34.7 Å². The normalized spacial score (nSPS) is 20.1. The molecule has 0 spiro atoms. The van der Waals surface area contributed by atoms with E-state index in [4.69, 9.17) is 11.6 Å². The molecule has 1 aromatic rings. The lowest BCUT2D eigenvalue weighted by Gasteiger charge is -2.21. The van der Waals surface area contributed by atoms with Gasteiger partial charge in [-0.3, -0.25) is 4.79 Å². The molecule has 1 aliphatic rings. The summed E-state index contributed by atoms with van der Waals surface area (Å²) in [5.74, 6) is 0.915. The van der Waals surface area contributed by atoms with E-state index in [1.807, 2.05) is 16.7 Å². The van der Waals surface area contributed by atoms with Crippen LogP contribution in [-0.4, -0.2) is 44.6 Å². The van der Waals surface area contributed by atoms with Crippen LogP contribution < -0.4 is 0 Å². The molecule has 94 valence electrons. The maximum Gasteiger partial charge on any atom is 0.284 e. The number of halogens is 1. The molecule has 0 N–H and O–H groups in total. The Bertz CT molecular complexity index is 421. The summed E-state index contributed by atoms with van der Waals surface area (Å²) in [7, 11) is 0. The highest BCUT2D eigenvalue weighted by Gasteiger charge is 2.27. The summed E-state index contributed by atoms with van der Waals surface area (Å²) in [6.07, 6.45) is 0.996. The zero-order chi connectivity index (χ0) is 12.5. The van der Waals surface area contributed by atoms with E-state index in [-0.39, 0.29) is 10.7 Å². The topological polar surface area (TPSA) is 46.1 Å². The summed E-state index contributed by atoms with van der Waals surface area (Å²) in [6, 6.07) is 0. The third-order valence-electron chi connectivity index (χ3n) is 2.71. The number of amides is 1. The SMILES string of the molecule is CC1(C)CCN(C(=O)c2nnc(Cl)s2)CCS1. The van der Waals surface area contributed by atoms with Crippen molar-refractivity contribution in [3.63, 3.8) is 0 Å². The molecule has 0 saturated carbocycles. The average Bonchev–Trinajstić information content (AvgIpc) is 2.60. The van der Waals surface area contributed by atoms with E-state index < -0.39 is 0 Å². The molecule has 0 aliphatic carbocycles. The third-order valence-corrected chi connectivity index (χ3v) is 5.09. The van der Waals surface area contributed by atoms with Gasteiger partial charge in [0.1, 0.15) is 0 Å². The lowest BCUT2D eigenvalue weighted by molar-refractivity contribution is 0.0763. The summed E-state index contributed by atoms with van der Waals surface area (Å²) in [5.41, 5.74) is 0. The van der Waals surface area contributed by atoms with Crippen LogP contribution in [0.15, 0.2) is 0 Å². The first-order valence-electron chi connectivity index (χ1n) is 5.40. The summed E-state index contributed by atoms with van der Waals surface area (Å²) in [6.45, 7) is 5.97. The van der Waals surface area contributed by atoms with Crippen LogP contribution in [0.4, 0.5) is 0 Å². The summed E-state index contributed by atoms with van der Waals surface area (Å²) < 4.78 is 0.561. The van der Waals surface area contributed by atoms with E-state index in [0.717, 1.165) is 36.6 Å². The summed E-state index contributed by atoms with van der Waals surface area (Å²) in [5, 5.41) is 7.85. The predicted molar refractivity (Wildman–Crippen MR) is 72.0 cm³/mol. The first-order valence-corrected chi connectivity index (χ1v) is 7.58. The van der Waals surface area contributed by atoms with E-state index in [1.165, 1.54) is 0 Å². The number of hydrogen-bond acceptors (Lipinski definition) is 5. The van der Waals surface area contributed by atoms with Crippen molar-refractivity contribution >= 4 is 40.6 Å². The molecule has 2 rings (SSSR count). The molecule has 1 saturated heterocycles. The highest BCUT2D eigenvalue weighted by Crippen LogP contribution is 2.31. The molecular formula is C10H14ClN3OS2. The molecule has 0 radical (unpaired) electrons. The van der Waals surface area contributed by atoms with Crippen LogP contribution in [0.3, 0.4) is 0 Å². The molecule has 1 aliphatic heterocycles. The van der Waals surface area contributed by atoms with E-state index in [0.29, 0.717) is 9.47 Å². The van der Waals surface area contributed by atoms with Gasteiger partial charge < -0.3 is 4.90 Å². The number of carbonyl (C=O) groups excluding carboxylic acids is 1. The van der Waals surface area contributed by atoms with Gasteiger partial charge in [-0.1, -0.05) is 25.2 Å². The van der Waals surface area contributed by atoms with Gasteiger partial charge in [-0.2, -0.15) is 11.8 Å². The average molecular weight is 292 g/mol. The molecule has 17 heavy (non-hydrogen) atoms. The Labute approximate surface area is 114 Å². The smallest absolute Gasteiger partial charge is 0.284 e. The van der Waals surface area contributed by atoms with Crippen molar-refractivity contribution in [1.29, 1.82) is 0 Å². The highest BCUT2D eigenvalue weighted by atomic mass is 35.5. The van der Waals surface area contributed by atoms with E-state index in [2.05, 4.69) is 24.0 Å². The second-order valence-corrected chi connectivity index (χ2v) is 7.87. The molecule has 1 amide bonds. The highest BCUT2D eigenvalue weighted by molar-refractivity contribution is 8.00. The Hall–Kier alpha value is -0.330. The standard InChI is InChI=1S/C10H14ClN3OS2/c1-10(2)3-4-14(5-6-16-10)8(15)7-12-13-9(11)17-7/h3-6H2,1-2H3. The Morgan fingerprint density at radius 1 is 1.41 bits per heavy atom. The van der Waals surface area contributed by atoms with E-state index in [9.17, 15) is 4.79 Å². The van der Waals surface area contributed by atoms with Gasteiger partial charge in [0, 0.05) is 23.6 Å². The molecule has 7 heteroatoms. The van der Waals surface area contributed by atoms with Gasteiger partial charge >= 0.3 is 0 Å². The van der Waals surface area contributed by atoms with Gasteiger partial charge in [-0.05, 0) is 18.0 Å². The second-order valence-electron chi connectivity index (χ2n) is 4.51. The van der Waals surface area contributed by atoms with E-state index >= 15 is 0 Å². The quantitative estimate of drug-likeness (QED) is 0.798. The largest absolute Gasteiger partial charge is 0.336 e. The van der Waals surface area contributed by atoms with Crippen molar-refractivity contribution in [3.05, 3.63) is 9.47 Å². The predicted octanol–water partition coefficient (Wildman–Crippen LogP) is 2.55. The first-order chi connectivity index (χ1) is 7.98. The van der Waals surface area contributed by atoms with Crippen molar-refractivity contribution in [3.8, 4) is 0 Å². The zero-order valence-electron chi connectivity index (χ0n) is 9.77. The molecule has 1 aromatic heterocycles. The van der Waals surface area contributed by atoms with Crippen molar-refractivity contribution in [2.45, 2.75) is 25.0 Å². The van der Waals surface area contributed by atoms with Gasteiger partial charge in [0.2, 0.25) is 9.47 Å². The number of nitrogens with zero attached hydrogens (tertiary/aromatic N) is 3. The fourth-order valence-corrected chi connectivity index (χ4v) is 3.55. The number of thioether (sulfide) groups is 1. The molecule has 4 nitrogen and oxygen atoms in total. The van der Waals surface area contributed by atoms with Crippen molar-refractivity contribution in [2.75, 3.05) is 18.8 Å². The fraction of sp³-hybridized carbons (Fsp3) is 0.700. The minimum atomic E-state index is -0.0484. The Balaban J connectivity index is 2.05. The molecule has 0 aromatic carbocycles. The maximum absolute atomic E-state index is 12.1. The molecule has 0 unspecified atom stereocenters. The van der Waals surface area contributed by atoms with Gasteiger partial charge in [-0.25, -0.2) is 0 Å². The third kappa shape index (κ3) is 3.33. The van der Waals surface area contributed by atoms with Crippen LogP contribution in [0.2, 0.25) is 4.47 Å². The first kappa shape index (κ1) is 13.1. The van der Waals surface area contributed by atoms with Gasteiger partial charge in [0.25, 0.3) is 5.91 Å².